The number of carbonyl (C=O) groups excluding carboxylic acids is 1. The summed E-state index contributed by atoms with van der Waals surface area (Å²) >= 11 is 0. The number of benzene rings is 1. The zero-order valence-corrected chi connectivity index (χ0v) is 10.0. The van der Waals surface area contributed by atoms with Crippen LogP contribution >= 0.6 is 0 Å². The van der Waals surface area contributed by atoms with Gasteiger partial charge in [0.15, 0.2) is 0 Å². The van der Waals surface area contributed by atoms with Crippen molar-refractivity contribution in [3.05, 3.63) is 35.4 Å². The minimum absolute atomic E-state index is 0.0704. The Bertz CT molecular complexity index is 363. The fraction of sp³-hybridized carbons (Fsp3) is 0.417. The zero-order chi connectivity index (χ0) is 12.1. The highest BCUT2D eigenvalue weighted by Crippen LogP contribution is 2.14. The average molecular weight is 221 g/mol. The first kappa shape index (κ1) is 12.7. The molecule has 0 aromatic heterocycles. The number of carbonyl (C=O) groups is 1. The number of nitrogens with zero attached hydrogens (tertiary/aromatic N) is 1. The van der Waals surface area contributed by atoms with E-state index in [1.165, 1.54) is 0 Å². The lowest BCUT2D eigenvalue weighted by molar-refractivity contribution is -0.125. The van der Waals surface area contributed by atoms with E-state index >= 15 is 0 Å². The molecule has 0 aliphatic heterocycles. The molecular formula is C12H19N3O. The van der Waals surface area contributed by atoms with Gasteiger partial charge in [0.25, 0.3) is 0 Å². The van der Waals surface area contributed by atoms with Crippen LogP contribution in [0.3, 0.4) is 0 Å². The van der Waals surface area contributed by atoms with Crippen LogP contribution in [0.4, 0.5) is 0 Å². The highest BCUT2D eigenvalue weighted by atomic mass is 16.2. The molecule has 1 atom stereocenters. The van der Waals surface area contributed by atoms with E-state index in [9.17, 15) is 4.79 Å². The fourth-order valence-corrected chi connectivity index (χ4v) is 1.51. The zero-order valence-electron chi connectivity index (χ0n) is 10.0. The number of amides is 1. The van der Waals surface area contributed by atoms with Gasteiger partial charge in [0.05, 0.1) is 0 Å². The van der Waals surface area contributed by atoms with Crippen LogP contribution < -0.4 is 11.2 Å². The molecule has 0 bridgehead atoms. The average Bonchev–Trinajstić information content (AvgIpc) is 2.16. The van der Waals surface area contributed by atoms with Crippen LogP contribution in [0.2, 0.25) is 0 Å². The summed E-state index contributed by atoms with van der Waals surface area (Å²) in [5.74, 6) is -0.0704. The summed E-state index contributed by atoms with van der Waals surface area (Å²) in [5, 5.41) is 1.62. The van der Waals surface area contributed by atoms with E-state index in [2.05, 4.69) is 5.43 Å². The molecule has 88 valence electrons. The fourth-order valence-electron chi connectivity index (χ4n) is 1.51. The van der Waals surface area contributed by atoms with Crippen LogP contribution in [0.15, 0.2) is 24.3 Å². The van der Waals surface area contributed by atoms with Gasteiger partial charge in [-0.1, -0.05) is 29.8 Å². The second-order valence-corrected chi connectivity index (χ2v) is 4.15. The predicted octanol–water partition coefficient (Wildman–Crippen LogP) is 0.978. The number of aryl methyl sites for hydroxylation is 1. The third kappa shape index (κ3) is 4.00. The first-order valence-electron chi connectivity index (χ1n) is 5.28. The van der Waals surface area contributed by atoms with Gasteiger partial charge in [0.1, 0.15) is 0 Å². The lowest BCUT2D eigenvalue weighted by atomic mass is 10.0. The van der Waals surface area contributed by atoms with Crippen LogP contribution in [0, 0.1) is 6.92 Å². The number of hydrazine groups is 1. The van der Waals surface area contributed by atoms with Crippen molar-refractivity contribution in [3.8, 4) is 0 Å². The number of hydrogen-bond donors (Lipinski definition) is 2. The number of nitrogens with two attached hydrogens (primary N) is 1. The summed E-state index contributed by atoms with van der Waals surface area (Å²) in [6.07, 6.45) is 0.293. The number of nitrogens with one attached hydrogen (secondary N) is 1. The van der Waals surface area contributed by atoms with Crippen molar-refractivity contribution in [1.82, 2.24) is 10.4 Å². The molecule has 0 aliphatic carbocycles. The summed E-state index contributed by atoms with van der Waals surface area (Å²) in [6, 6.07) is 7.67. The standard InChI is InChI=1S/C12H19N3O/c1-9-5-4-6-10(7-9)11(13)8-12(16)14-15(2)3/h4-7,11H,8,13H2,1-3H3,(H,14,16). The van der Waals surface area contributed by atoms with Gasteiger partial charge in [-0.05, 0) is 12.5 Å². The maximum absolute atomic E-state index is 11.5. The van der Waals surface area contributed by atoms with Crippen LogP contribution in [-0.2, 0) is 4.79 Å². The summed E-state index contributed by atoms with van der Waals surface area (Å²) in [4.78, 5) is 11.5. The van der Waals surface area contributed by atoms with E-state index in [0.717, 1.165) is 11.1 Å². The van der Waals surface area contributed by atoms with Crippen molar-refractivity contribution in [1.29, 1.82) is 0 Å². The summed E-state index contributed by atoms with van der Waals surface area (Å²) in [5.41, 5.74) is 10.8. The minimum atomic E-state index is -0.250. The molecule has 0 heterocycles. The van der Waals surface area contributed by atoms with Crippen molar-refractivity contribution in [2.75, 3.05) is 14.1 Å². The molecule has 0 fully saturated rings. The van der Waals surface area contributed by atoms with Crippen molar-refractivity contribution >= 4 is 5.91 Å². The SMILES string of the molecule is Cc1cccc(C(N)CC(=O)NN(C)C)c1. The van der Waals surface area contributed by atoms with Crippen molar-refractivity contribution in [2.45, 2.75) is 19.4 Å². The lowest BCUT2D eigenvalue weighted by Gasteiger charge is -2.15. The van der Waals surface area contributed by atoms with Gasteiger partial charge < -0.3 is 5.73 Å². The Kier molecular flexibility index (Phi) is 4.46. The van der Waals surface area contributed by atoms with Crippen LogP contribution in [0.25, 0.3) is 0 Å². The Labute approximate surface area is 96.4 Å². The number of hydrogen-bond acceptors (Lipinski definition) is 3. The van der Waals surface area contributed by atoms with Crippen LogP contribution in [-0.4, -0.2) is 25.0 Å². The largest absolute Gasteiger partial charge is 0.324 e. The third-order valence-corrected chi connectivity index (χ3v) is 2.22. The van der Waals surface area contributed by atoms with Gasteiger partial charge in [0.2, 0.25) is 5.91 Å². The van der Waals surface area contributed by atoms with Crippen LogP contribution in [0.1, 0.15) is 23.6 Å². The Balaban J connectivity index is 2.58. The second kappa shape index (κ2) is 5.63. The summed E-state index contributed by atoms with van der Waals surface area (Å²) < 4.78 is 0. The molecule has 4 nitrogen and oxygen atoms in total. The minimum Gasteiger partial charge on any atom is -0.324 e. The first-order chi connectivity index (χ1) is 7.49. The highest BCUT2D eigenvalue weighted by molar-refractivity contribution is 5.76. The predicted molar refractivity (Wildman–Crippen MR) is 64.6 cm³/mol. The molecule has 1 rings (SSSR count). The Morgan fingerprint density at radius 2 is 2.19 bits per heavy atom. The molecule has 1 unspecified atom stereocenters. The lowest BCUT2D eigenvalue weighted by Crippen LogP contribution is -2.37. The van der Waals surface area contributed by atoms with E-state index < -0.39 is 0 Å². The molecule has 1 amide bonds. The molecule has 0 spiro atoms. The third-order valence-electron chi connectivity index (χ3n) is 2.22. The Hall–Kier alpha value is -1.39. The van der Waals surface area contributed by atoms with Crippen molar-refractivity contribution in [3.63, 3.8) is 0 Å². The summed E-state index contributed by atoms with van der Waals surface area (Å²) in [7, 11) is 3.55. The van der Waals surface area contributed by atoms with Gasteiger partial charge >= 0.3 is 0 Å². The van der Waals surface area contributed by atoms with E-state index in [0.29, 0.717) is 6.42 Å². The Morgan fingerprint density at radius 3 is 2.75 bits per heavy atom. The highest BCUT2D eigenvalue weighted by Gasteiger charge is 2.11. The topological polar surface area (TPSA) is 58.4 Å². The molecule has 1 aromatic carbocycles. The molecule has 0 aliphatic rings. The van der Waals surface area contributed by atoms with E-state index in [1.54, 1.807) is 19.1 Å². The molecule has 0 saturated heterocycles. The van der Waals surface area contributed by atoms with Gasteiger partial charge in [0, 0.05) is 26.6 Å². The molecule has 4 heteroatoms. The summed E-state index contributed by atoms with van der Waals surface area (Å²) in [6.45, 7) is 2.01. The number of rotatable bonds is 4. The molecule has 16 heavy (non-hydrogen) atoms. The van der Waals surface area contributed by atoms with E-state index in [-0.39, 0.29) is 11.9 Å². The van der Waals surface area contributed by atoms with Gasteiger partial charge in [-0.15, -0.1) is 0 Å². The molecule has 1 aromatic rings. The maximum Gasteiger partial charge on any atom is 0.236 e. The molecule has 3 N–H and O–H groups in total. The smallest absolute Gasteiger partial charge is 0.236 e. The van der Waals surface area contributed by atoms with Gasteiger partial charge in [-0.25, -0.2) is 5.01 Å². The quantitative estimate of drug-likeness (QED) is 0.745. The normalized spacial score (nSPS) is 12.6. The first-order valence-corrected chi connectivity index (χ1v) is 5.28. The second-order valence-electron chi connectivity index (χ2n) is 4.15. The maximum atomic E-state index is 11.5. The Morgan fingerprint density at radius 1 is 1.50 bits per heavy atom. The molecular weight excluding hydrogens is 202 g/mol. The van der Waals surface area contributed by atoms with Crippen molar-refractivity contribution in [2.24, 2.45) is 5.73 Å². The molecule has 0 saturated carbocycles. The van der Waals surface area contributed by atoms with E-state index in [1.807, 2.05) is 31.2 Å². The van der Waals surface area contributed by atoms with Gasteiger partial charge in [-0.2, -0.15) is 0 Å². The van der Waals surface area contributed by atoms with Crippen LogP contribution in [0.5, 0.6) is 0 Å². The van der Waals surface area contributed by atoms with Gasteiger partial charge in [-0.3, -0.25) is 10.2 Å². The van der Waals surface area contributed by atoms with E-state index in [4.69, 9.17) is 5.73 Å². The van der Waals surface area contributed by atoms with Crippen molar-refractivity contribution < 1.29 is 4.79 Å². The monoisotopic (exact) mass is 221 g/mol. The molecule has 0 radical (unpaired) electrons.